The van der Waals surface area contributed by atoms with E-state index >= 15 is 0 Å². The van der Waals surface area contributed by atoms with Crippen LogP contribution >= 0.6 is 15.9 Å². The maximum Gasteiger partial charge on any atom is 0.123 e. The molecular weight excluding hydrogens is 427 g/mol. The number of benzene rings is 1. The molecule has 1 saturated carbocycles. The predicted molar refractivity (Wildman–Crippen MR) is 125 cm³/mol. The third-order valence-electron chi connectivity index (χ3n) is 7.46. The SMILES string of the molecule is CCN(CC)[C@H]1CC[C@H](CCCN2CCC(Cc3cc(F)ccc3Br)CC2)CC1. The average molecular weight is 468 g/mol. The smallest absolute Gasteiger partial charge is 0.123 e. The molecule has 1 aromatic carbocycles. The van der Waals surface area contributed by atoms with Gasteiger partial charge in [-0.3, -0.25) is 0 Å². The molecule has 1 aliphatic heterocycles. The highest BCUT2D eigenvalue weighted by atomic mass is 79.9. The zero-order chi connectivity index (χ0) is 20.6. The van der Waals surface area contributed by atoms with Crippen molar-refractivity contribution in [3.05, 3.63) is 34.1 Å². The Morgan fingerprint density at radius 1 is 1.00 bits per heavy atom. The summed E-state index contributed by atoms with van der Waals surface area (Å²) < 4.78 is 14.6. The number of nitrogens with zero attached hydrogens (tertiary/aromatic N) is 2. The molecule has 1 saturated heterocycles. The summed E-state index contributed by atoms with van der Waals surface area (Å²) >= 11 is 3.58. The van der Waals surface area contributed by atoms with Crippen LogP contribution in [0.2, 0.25) is 0 Å². The van der Waals surface area contributed by atoms with Gasteiger partial charge in [-0.25, -0.2) is 4.39 Å². The van der Waals surface area contributed by atoms with Gasteiger partial charge in [0.25, 0.3) is 0 Å². The minimum absolute atomic E-state index is 0.119. The van der Waals surface area contributed by atoms with Gasteiger partial charge in [0.2, 0.25) is 0 Å². The second-order valence-corrected chi connectivity index (χ2v) is 10.1. The van der Waals surface area contributed by atoms with E-state index in [0.717, 1.165) is 28.4 Å². The van der Waals surface area contributed by atoms with Crippen LogP contribution in [0.15, 0.2) is 22.7 Å². The van der Waals surface area contributed by atoms with Crippen LogP contribution in [0, 0.1) is 17.7 Å². The fraction of sp³-hybridized carbons (Fsp3) is 0.760. The van der Waals surface area contributed by atoms with Crippen molar-refractivity contribution in [1.29, 1.82) is 0 Å². The second-order valence-electron chi connectivity index (χ2n) is 9.26. The topological polar surface area (TPSA) is 6.48 Å². The maximum atomic E-state index is 13.5. The summed E-state index contributed by atoms with van der Waals surface area (Å²) in [6.45, 7) is 10.7. The van der Waals surface area contributed by atoms with Crippen LogP contribution in [0.25, 0.3) is 0 Å². The fourth-order valence-electron chi connectivity index (χ4n) is 5.57. The van der Waals surface area contributed by atoms with Crippen LogP contribution in [-0.4, -0.2) is 48.6 Å². The molecule has 1 aromatic rings. The van der Waals surface area contributed by atoms with E-state index in [0.29, 0.717) is 5.92 Å². The van der Waals surface area contributed by atoms with Crippen LogP contribution in [0.3, 0.4) is 0 Å². The Morgan fingerprint density at radius 2 is 1.69 bits per heavy atom. The molecule has 29 heavy (non-hydrogen) atoms. The Balaban J connectivity index is 1.30. The third-order valence-corrected chi connectivity index (χ3v) is 8.23. The van der Waals surface area contributed by atoms with Gasteiger partial charge in [0, 0.05) is 10.5 Å². The summed E-state index contributed by atoms with van der Waals surface area (Å²) in [7, 11) is 0. The number of halogens is 2. The number of likely N-dealkylation sites (tertiary alicyclic amines) is 1. The number of hydrogen-bond acceptors (Lipinski definition) is 2. The number of rotatable bonds is 9. The van der Waals surface area contributed by atoms with Crippen molar-refractivity contribution in [2.45, 2.75) is 77.7 Å². The van der Waals surface area contributed by atoms with Crippen molar-refractivity contribution in [2.75, 3.05) is 32.7 Å². The second kappa shape index (κ2) is 11.8. The van der Waals surface area contributed by atoms with Crippen molar-refractivity contribution >= 4 is 15.9 Å². The minimum Gasteiger partial charge on any atom is -0.303 e. The first-order valence-electron chi connectivity index (χ1n) is 12.0. The average Bonchev–Trinajstić information content (AvgIpc) is 2.74. The summed E-state index contributed by atoms with van der Waals surface area (Å²) in [6.07, 6.45) is 12.0. The van der Waals surface area contributed by atoms with Gasteiger partial charge >= 0.3 is 0 Å². The molecule has 0 atom stereocenters. The summed E-state index contributed by atoms with van der Waals surface area (Å²) in [5.41, 5.74) is 1.13. The first kappa shape index (κ1) is 23.2. The molecule has 0 amide bonds. The van der Waals surface area contributed by atoms with Gasteiger partial charge in [-0.1, -0.05) is 29.8 Å². The van der Waals surface area contributed by atoms with E-state index in [1.807, 2.05) is 6.07 Å². The van der Waals surface area contributed by atoms with E-state index in [2.05, 4.69) is 39.6 Å². The van der Waals surface area contributed by atoms with Gasteiger partial charge in [0.1, 0.15) is 5.82 Å². The molecule has 164 valence electrons. The first-order valence-corrected chi connectivity index (χ1v) is 12.8. The molecule has 0 spiro atoms. The fourth-order valence-corrected chi connectivity index (χ4v) is 5.98. The molecule has 2 aliphatic rings. The Hall–Kier alpha value is -0.450. The van der Waals surface area contributed by atoms with Crippen LogP contribution in [0.1, 0.15) is 70.8 Å². The third kappa shape index (κ3) is 7.04. The van der Waals surface area contributed by atoms with Crippen LogP contribution in [0.5, 0.6) is 0 Å². The molecule has 0 bridgehead atoms. The standard InChI is InChI=1S/C25H40BrFN2/c1-3-29(4-2)24-10-7-20(8-11-24)6-5-15-28-16-13-21(14-17-28)18-22-19-23(27)9-12-25(22)26/h9,12,19-21,24H,3-8,10-11,13-18H2,1-2H3/t20-,24-. The van der Waals surface area contributed by atoms with Gasteiger partial charge in [0.15, 0.2) is 0 Å². The summed E-state index contributed by atoms with van der Waals surface area (Å²) in [4.78, 5) is 5.32. The van der Waals surface area contributed by atoms with Crippen molar-refractivity contribution in [2.24, 2.45) is 11.8 Å². The minimum atomic E-state index is -0.119. The van der Waals surface area contributed by atoms with E-state index in [9.17, 15) is 4.39 Å². The van der Waals surface area contributed by atoms with E-state index in [4.69, 9.17) is 0 Å². The van der Waals surface area contributed by atoms with Crippen LogP contribution in [0.4, 0.5) is 4.39 Å². The zero-order valence-corrected chi connectivity index (χ0v) is 20.1. The largest absolute Gasteiger partial charge is 0.303 e. The lowest BCUT2D eigenvalue weighted by atomic mass is 9.82. The molecule has 3 rings (SSSR count). The quantitative estimate of drug-likeness (QED) is 0.408. The zero-order valence-electron chi connectivity index (χ0n) is 18.5. The molecule has 4 heteroatoms. The van der Waals surface area contributed by atoms with Gasteiger partial charge in [-0.15, -0.1) is 0 Å². The normalized spacial score (nSPS) is 24.3. The molecule has 1 heterocycles. The molecule has 0 unspecified atom stereocenters. The highest BCUT2D eigenvalue weighted by Gasteiger charge is 2.25. The lowest BCUT2D eigenvalue weighted by Crippen LogP contribution is -2.38. The molecule has 2 fully saturated rings. The Bertz CT molecular complexity index is 603. The van der Waals surface area contributed by atoms with Crippen LogP contribution < -0.4 is 0 Å². The van der Waals surface area contributed by atoms with Crippen molar-refractivity contribution in [3.63, 3.8) is 0 Å². The van der Waals surface area contributed by atoms with E-state index < -0.39 is 0 Å². The monoisotopic (exact) mass is 466 g/mol. The van der Waals surface area contributed by atoms with E-state index in [1.54, 1.807) is 6.07 Å². The maximum absolute atomic E-state index is 13.5. The first-order chi connectivity index (χ1) is 14.1. The molecule has 2 nitrogen and oxygen atoms in total. The predicted octanol–water partition coefficient (Wildman–Crippen LogP) is 6.52. The van der Waals surface area contributed by atoms with Gasteiger partial charge in [-0.05, 0) is 126 Å². The summed E-state index contributed by atoms with van der Waals surface area (Å²) in [5, 5.41) is 0. The van der Waals surface area contributed by atoms with Crippen molar-refractivity contribution in [1.82, 2.24) is 9.80 Å². The lowest BCUT2D eigenvalue weighted by molar-refractivity contribution is 0.139. The summed E-state index contributed by atoms with van der Waals surface area (Å²) in [6, 6.07) is 5.92. The number of hydrogen-bond donors (Lipinski definition) is 0. The van der Waals surface area contributed by atoms with Crippen molar-refractivity contribution in [3.8, 4) is 0 Å². The van der Waals surface area contributed by atoms with Crippen molar-refractivity contribution < 1.29 is 4.39 Å². The van der Waals surface area contributed by atoms with E-state index in [1.165, 1.54) is 90.2 Å². The molecule has 0 N–H and O–H groups in total. The van der Waals surface area contributed by atoms with E-state index in [-0.39, 0.29) is 5.82 Å². The Labute approximate surface area is 186 Å². The van der Waals surface area contributed by atoms with Gasteiger partial charge < -0.3 is 9.80 Å². The molecule has 0 radical (unpaired) electrons. The molecule has 0 aromatic heterocycles. The highest BCUT2D eigenvalue weighted by molar-refractivity contribution is 9.10. The summed E-state index contributed by atoms with van der Waals surface area (Å²) in [5.74, 6) is 1.54. The lowest BCUT2D eigenvalue weighted by Gasteiger charge is -2.36. The van der Waals surface area contributed by atoms with Gasteiger partial charge in [0.05, 0.1) is 0 Å². The van der Waals surface area contributed by atoms with Gasteiger partial charge in [-0.2, -0.15) is 0 Å². The molecular formula is C25H40BrFN2. The molecule has 1 aliphatic carbocycles. The Morgan fingerprint density at radius 3 is 2.34 bits per heavy atom. The Kier molecular flexibility index (Phi) is 9.46. The highest BCUT2D eigenvalue weighted by Crippen LogP contribution is 2.31. The van der Waals surface area contributed by atoms with Crippen LogP contribution in [-0.2, 0) is 6.42 Å². The number of piperidine rings is 1.